The van der Waals surface area contributed by atoms with E-state index >= 15 is 0 Å². The van der Waals surface area contributed by atoms with E-state index < -0.39 is 0 Å². The van der Waals surface area contributed by atoms with Gasteiger partial charge in [0.1, 0.15) is 0 Å². The number of para-hydroxylation sites is 1. The lowest BCUT2D eigenvalue weighted by atomic mass is 9.78. The second kappa shape index (κ2) is 17.6. The molecule has 0 fully saturated rings. The predicted molar refractivity (Wildman–Crippen MR) is 287 cm³/mol. The van der Waals surface area contributed by atoms with Crippen LogP contribution in [-0.2, 0) is 16.2 Å². The van der Waals surface area contributed by atoms with E-state index in [1.807, 2.05) is 0 Å². The van der Waals surface area contributed by atoms with Crippen LogP contribution in [0.15, 0.2) is 243 Å². The molecular formula is C65H58N2. The minimum absolute atomic E-state index is 0.160. The SMILES string of the molecule is CC(C)(c1ccccc1)c1ccc(N(c2ccccc2)c2c3ccccc3c(N(c3ccc(C(C)(C)c4ccccc4)cc3)c3ccc(C(C)(C)c4ccccc4)cc3)c3ccccc23)cc1. The molecule has 2 nitrogen and oxygen atoms in total. The van der Waals surface area contributed by atoms with Gasteiger partial charge in [-0.1, -0.05) is 236 Å². The first-order valence-electron chi connectivity index (χ1n) is 23.6. The normalized spacial score (nSPS) is 12.0. The van der Waals surface area contributed by atoms with E-state index in [1.54, 1.807) is 0 Å². The van der Waals surface area contributed by atoms with Gasteiger partial charge < -0.3 is 9.80 Å². The molecule has 2 heteroatoms. The van der Waals surface area contributed by atoms with Crippen molar-refractivity contribution in [2.45, 2.75) is 57.8 Å². The van der Waals surface area contributed by atoms with Crippen LogP contribution in [0.4, 0.5) is 34.1 Å². The minimum atomic E-state index is -0.174. The summed E-state index contributed by atoms with van der Waals surface area (Å²) in [5.74, 6) is 0. The fourth-order valence-electron chi connectivity index (χ4n) is 10.1. The number of fused-ring (bicyclic) bond motifs is 2. The Morgan fingerprint density at radius 3 is 0.657 bits per heavy atom. The Labute approximate surface area is 397 Å². The zero-order chi connectivity index (χ0) is 46.2. The predicted octanol–water partition coefficient (Wildman–Crippen LogP) is 17.9. The van der Waals surface area contributed by atoms with Gasteiger partial charge in [0.25, 0.3) is 0 Å². The quantitative estimate of drug-likeness (QED) is 0.0892. The molecule has 10 aromatic carbocycles. The lowest BCUT2D eigenvalue weighted by Crippen LogP contribution is -2.20. The van der Waals surface area contributed by atoms with E-state index in [4.69, 9.17) is 0 Å². The van der Waals surface area contributed by atoms with Gasteiger partial charge in [0.15, 0.2) is 0 Å². The number of rotatable bonds is 12. The summed E-state index contributed by atoms with van der Waals surface area (Å²) in [5, 5.41) is 4.67. The van der Waals surface area contributed by atoms with E-state index in [0.29, 0.717) is 0 Å². The van der Waals surface area contributed by atoms with Crippen molar-refractivity contribution in [3.8, 4) is 0 Å². The highest BCUT2D eigenvalue weighted by Crippen LogP contribution is 2.51. The molecule has 0 N–H and O–H groups in total. The van der Waals surface area contributed by atoms with Crippen molar-refractivity contribution in [3.63, 3.8) is 0 Å². The standard InChI is InChI=1S/C65H58N2/c1-63(2,47-23-11-7-12-24-47)50-35-41-54(42-36-50)66(53-29-17-10-18-30-53)61-57-31-19-21-33-59(57)62(60-34-22-20-32-58(60)61)67(55-43-37-51(38-44-55)64(3,4)48-25-13-8-14-26-48)56-45-39-52(40-46-56)65(5,6)49-27-15-9-16-28-49/h7-46H,1-6H3. The summed E-state index contributed by atoms with van der Waals surface area (Å²) >= 11 is 0. The van der Waals surface area contributed by atoms with Gasteiger partial charge in [0.05, 0.1) is 11.4 Å². The Hall–Kier alpha value is -7.68. The second-order valence-electron chi connectivity index (χ2n) is 19.4. The van der Waals surface area contributed by atoms with Gasteiger partial charge in [-0.05, 0) is 81.9 Å². The largest absolute Gasteiger partial charge is 0.309 e. The number of nitrogens with zero attached hydrogens (tertiary/aromatic N) is 2. The third-order valence-electron chi connectivity index (χ3n) is 14.4. The van der Waals surface area contributed by atoms with Gasteiger partial charge >= 0.3 is 0 Å². The molecule has 0 saturated carbocycles. The van der Waals surface area contributed by atoms with Gasteiger partial charge in [-0.25, -0.2) is 0 Å². The molecule has 0 spiro atoms. The topological polar surface area (TPSA) is 6.48 Å². The van der Waals surface area contributed by atoms with Crippen LogP contribution >= 0.6 is 0 Å². The highest BCUT2D eigenvalue weighted by atomic mass is 15.2. The Morgan fingerprint density at radius 1 is 0.209 bits per heavy atom. The van der Waals surface area contributed by atoms with E-state index in [1.165, 1.54) is 54.9 Å². The van der Waals surface area contributed by atoms with Crippen LogP contribution in [-0.4, -0.2) is 0 Å². The first-order valence-corrected chi connectivity index (χ1v) is 23.6. The molecule has 0 aliphatic rings. The maximum absolute atomic E-state index is 2.49. The highest BCUT2D eigenvalue weighted by molar-refractivity contribution is 6.23. The van der Waals surface area contributed by atoms with Crippen LogP contribution in [0.5, 0.6) is 0 Å². The van der Waals surface area contributed by atoms with E-state index in [0.717, 1.165) is 34.1 Å². The zero-order valence-electron chi connectivity index (χ0n) is 39.5. The molecule has 0 radical (unpaired) electrons. The van der Waals surface area contributed by atoms with E-state index in [9.17, 15) is 0 Å². The molecule has 0 heterocycles. The molecule has 0 bridgehead atoms. The molecule has 0 amide bonds. The van der Waals surface area contributed by atoms with Crippen LogP contribution in [0.1, 0.15) is 74.9 Å². The van der Waals surface area contributed by atoms with E-state index in [2.05, 4.69) is 294 Å². The van der Waals surface area contributed by atoms with Crippen LogP contribution in [0.2, 0.25) is 0 Å². The lowest BCUT2D eigenvalue weighted by molar-refractivity contribution is 0.640. The summed E-state index contributed by atoms with van der Waals surface area (Å²) in [4.78, 5) is 4.94. The summed E-state index contributed by atoms with van der Waals surface area (Å²) in [6, 6.07) is 89.0. The van der Waals surface area contributed by atoms with Crippen LogP contribution < -0.4 is 9.80 Å². The summed E-state index contributed by atoms with van der Waals surface area (Å²) < 4.78 is 0. The number of anilines is 6. The third-order valence-corrected chi connectivity index (χ3v) is 14.4. The van der Waals surface area contributed by atoms with Crippen molar-refractivity contribution in [1.29, 1.82) is 0 Å². The fraction of sp³-hybridized carbons (Fsp3) is 0.138. The molecule has 328 valence electrons. The fourth-order valence-corrected chi connectivity index (χ4v) is 10.1. The average Bonchev–Trinajstić information content (AvgIpc) is 3.38. The number of hydrogen-bond acceptors (Lipinski definition) is 2. The van der Waals surface area contributed by atoms with Crippen molar-refractivity contribution >= 4 is 55.7 Å². The van der Waals surface area contributed by atoms with Crippen LogP contribution in [0.3, 0.4) is 0 Å². The Morgan fingerprint density at radius 2 is 0.403 bits per heavy atom. The van der Waals surface area contributed by atoms with Gasteiger partial charge in [0, 0.05) is 60.5 Å². The molecule has 0 aliphatic carbocycles. The lowest BCUT2D eigenvalue weighted by Gasteiger charge is -2.34. The van der Waals surface area contributed by atoms with Crippen molar-refractivity contribution in [3.05, 3.63) is 276 Å². The molecular weight excluding hydrogens is 809 g/mol. The van der Waals surface area contributed by atoms with Gasteiger partial charge in [-0.3, -0.25) is 0 Å². The molecule has 0 aliphatic heterocycles. The van der Waals surface area contributed by atoms with Crippen LogP contribution in [0, 0.1) is 0 Å². The van der Waals surface area contributed by atoms with Crippen molar-refractivity contribution < 1.29 is 0 Å². The second-order valence-corrected chi connectivity index (χ2v) is 19.4. The molecule has 0 aromatic heterocycles. The maximum atomic E-state index is 2.49. The zero-order valence-corrected chi connectivity index (χ0v) is 39.5. The summed E-state index contributed by atoms with van der Waals surface area (Å²) in [5.41, 5.74) is 13.9. The molecule has 0 saturated heterocycles. The van der Waals surface area contributed by atoms with Crippen molar-refractivity contribution in [2.75, 3.05) is 9.80 Å². The summed E-state index contributed by atoms with van der Waals surface area (Å²) in [6.07, 6.45) is 0. The van der Waals surface area contributed by atoms with Crippen molar-refractivity contribution in [1.82, 2.24) is 0 Å². The first kappa shape index (κ1) is 43.2. The summed E-state index contributed by atoms with van der Waals surface area (Å²) in [6.45, 7) is 13.9. The Bertz CT molecular complexity index is 3110. The number of hydrogen-bond donors (Lipinski definition) is 0. The highest BCUT2D eigenvalue weighted by Gasteiger charge is 2.29. The molecule has 67 heavy (non-hydrogen) atoms. The number of benzene rings is 10. The third kappa shape index (κ3) is 7.97. The maximum Gasteiger partial charge on any atom is 0.0619 e. The van der Waals surface area contributed by atoms with Gasteiger partial charge in [-0.15, -0.1) is 0 Å². The van der Waals surface area contributed by atoms with Gasteiger partial charge in [0.2, 0.25) is 0 Å². The van der Waals surface area contributed by atoms with Gasteiger partial charge in [-0.2, -0.15) is 0 Å². The minimum Gasteiger partial charge on any atom is -0.309 e. The smallest absolute Gasteiger partial charge is 0.0619 e. The first-order chi connectivity index (χ1) is 32.5. The van der Waals surface area contributed by atoms with Crippen molar-refractivity contribution in [2.24, 2.45) is 0 Å². The Balaban J connectivity index is 1.18. The van der Waals surface area contributed by atoms with E-state index in [-0.39, 0.29) is 16.2 Å². The molecule has 0 atom stereocenters. The Kier molecular flexibility index (Phi) is 11.4. The van der Waals surface area contributed by atoms with Crippen LogP contribution in [0.25, 0.3) is 21.5 Å². The average molecular weight is 867 g/mol. The summed E-state index contributed by atoms with van der Waals surface area (Å²) in [7, 11) is 0. The monoisotopic (exact) mass is 866 g/mol. The molecule has 0 unspecified atom stereocenters. The molecule has 10 rings (SSSR count). The molecule has 10 aromatic rings.